The average Bonchev–Trinajstić information content (AvgIpc) is 2.12. The normalized spacial score (nSPS) is 18.9. The Hall–Kier alpha value is -0.110. The molecule has 0 radical (unpaired) electrons. The van der Waals surface area contributed by atoms with Crippen molar-refractivity contribution in [1.82, 2.24) is 0 Å². The summed E-state index contributed by atoms with van der Waals surface area (Å²) in [5.74, 6) is -21.4. The van der Waals surface area contributed by atoms with Crippen molar-refractivity contribution in [1.29, 1.82) is 0 Å². The number of halogens is 13. The Morgan fingerprint density at radius 1 is 0.550 bits per heavy atom. The smallest absolute Gasteiger partial charge is 0.227 e. The number of alkyl halides is 13. The lowest BCUT2D eigenvalue weighted by molar-refractivity contribution is -0.399. The minimum Gasteiger partial charge on any atom is -0.227 e. The van der Waals surface area contributed by atoms with Crippen molar-refractivity contribution in [2.24, 2.45) is 0 Å². The highest BCUT2D eigenvalue weighted by molar-refractivity contribution is 14.1. The van der Waals surface area contributed by atoms with Gasteiger partial charge in [0.1, 0.15) is 0 Å². The fraction of sp³-hybridized carbons (Fsp3) is 1.00. The van der Waals surface area contributed by atoms with Crippen LogP contribution >= 0.6 is 22.6 Å². The van der Waals surface area contributed by atoms with E-state index in [-0.39, 0.29) is 0 Å². The molecule has 0 amide bonds. The molecule has 0 aliphatic rings. The average molecular weight is 442 g/mol. The van der Waals surface area contributed by atoms with Crippen molar-refractivity contribution < 1.29 is 52.7 Å². The third-order valence-electron chi connectivity index (χ3n) is 2.27. The van der Waals surface area contributed by atoms with E-state index in [2.05, 4.69) is 0 Å². The van der Waals surface area contributed by atoms with Crippen LogP contribution in [0.15, 0.2) is 0 Å². The zero-order valence-corrected chi connectivity index (χ0v) is 11.1. The predicted molar refractivity (Wildman–Crippen MR) is 49.4 cm³/mol. The number of rotatable bonds is 4. The van der Waals surface area contributed by atoms with Crippen LogP contribution in [0.25, 0.3) is 0 Å². The van der Waals surface area contributed by atoms with Crippen LogP contribution < -0.4 is 0 Å². The van der Waals surface area contributed by atoms with E-state index in [9.17, 15) is 52.7 Å². The van der Waals surface area contributed by atoms with Gasteiger partial charge in [-0.15, -0.1) is 0 Å². The summed E-state index contributed by atoms with van der Waals surface area (Å²) < 4.78 is 144. The zero-order valence-electron chi connectivity index (χ0n) is 8.91. The van der Waals surface area contributed by atoms with Crippen molar-refractivity contribution in [3.8, 4) is 0 Å². The van der Waals surface area contributed by atoms with Crippen LogP contribution in [0.5, 0.6) is 0 Å². The van der Waals surface area contributed by atoms with Gasteiger partial charge in [0.15, 0.2) is 0 Å². The summed E-state index contributed by atoms with van der Waals surface area (Å²) in [5, 5.41) is 0. The third-order valence-corrected chi connectivity index (χ3v) is 2.94. The molecule has 0 heterocycles. The Balaban J connectivity index is 6.08. The molecule has 1 atom stereocenters. The first kappa shape index (κ1) is 19.9. The maximum absolute atomic E-state index is 12.9. The van der Waals surface area contributed by atoms with E-state index in [4.69, 9.17) is 0 Å². The van der Waals surface area contributed by atoms with E-state index in [1.54, 1.807) is 0 Å². The second-order valence-electron chi connectivity index (χ2n) is 3.72. The van der Waals surface area contributed by atoms with E-state index in [1.807, 2.05) is 0 Å². The van der Waals surface area contributed by atoms with Gasteiger partial charge in [-0.05, 0) is 6.92 Å². The van der Waals surface area contributed by atoms with Crippen LogP contribution in [-0.4, -0.2) is 33.5 Å². The number of hydrogen-bond acceptors (Lipinski definition) is 0. The fourth-order valence-electron chi connectivity index (χ4n) is 0.848. The lowest BCUT2D eigenvalue weighted by Crippen LogP contribution is -2.69. The molecule has 1 unspecified atom stereocenters. The molecule has 0 aromatic heterocycles. The molecule has 0 nitrogen and oxygen atoms in total. The second-order valence-corrected chi connectivity index (χ2v) is 5.08. The summed E-state index contributed by atoms with van der Waals surface area (Å²) in [6.07, 6.45) is -6.70. The number of hydrogen-bond donors (Lipinski definition) is 0. The largest absolute Gasteiger partial charge is 0.428 e. The van der Waals surface area contributed by atoms with Crippen LogP contribution in [0.1, 0.15) is 6.92 Å². The summed E-state index contributed by atoms with van der Waals surface area (Å²) >= 11 is -0.667. The summed E-state index contributed by atoms with van der Waals surface area (Å²) in [4.78, 5) is 0. The van der Waals surface area contributed by atoms with Crippen molar-refractivity contribution in [2.75, 3.05) is 0 Å². The Morgan fingerprint density at radius 3 is 1.05 bits per heavy atom. The van der Waals surface area contributed by atoms with Gasteiger partial charge in [-0.3, -0.25) is 0 Å². The maximum Gasteiger partial charge on any atom is 0.428 e. The highest BCUT2D eigenvalue weighted by Gasteiger charge is 2.87. The van der Waals surface area contributed by atoms with Gasteiger partial charge in [-0.1, -0.05) is 0 Å². The predicted octanol–water partition coefficient (Wildman–Crippen LogP) is 5.21. The van der Waals surface area contributed by atoms with Crippen molar-refractivity contribution in [3.05, 3.63) is 0 Å². The molecule has 0 aliphatic carbocycles. The molecule has 0 spiro atoms. The second kappa shape index (κ2) is 4.69. The summed E-state index contributed by atoms with van der Waals surface area (Å²) in [6, 6.07) is 0. The van der Waals surface area contributed by atoms with E-state index >= 15 is 0 Å². The Kier molecular flexibility index (Phi) is 4.67. The summed E-state index contributed by atoms with van der Waals surface area (Å²) in [7, 11) is 0. The third kappa shape index (κ3) is 2.53. The quantitative estimate of drug-likeness (QED) is 0.319. The molecule has 0 saturated heterocycles. The summed E-state index contributed by atoms with van der Waals surface area (Å²) in [6.45, 7) is -1.15. The fourth-order valence-corrected chi connectivity index (χ4v) is 1.19. The monoisotopic (exact) mass is 442 g/mol. The van der Waals surface area contributed by atoms with E-state index in [1.165, 1.54) is 0 Å². The van der Waals surface area contributed by atoms with Gasteiger partial charge in [0.25, 0.3) is 5.67 Å². The lowest BCUT2D eigenvalue weighted by Gasteiger charge is -2.40. The molecule has 122 valence electrons. The zero-order chi connectivity index (χ0) is 17.0. The SMILES string of the molecule is CC(F)(C(F)(F)F)C(F)(F)C(F)(F)C(F)(F)C(F)(F)I. The highest BCUT2D eigenvalue weighted by atomic mass is 127. The molecule has 0 aliphatic heterocycles. The Labute approximate surface area is 116 Å². The van der Waals surface area contributed by atoms with Crippen molar-refractivity contribution >= 4 is 22.6 Å². The molecule has 0 fully saturated rings. The van der Waals surface area contributed by atoms with Crippen LogP contribution in [0.3, 0.4) is 0 Å². The molecular weight excluding hydrogens is 439 g/mol. The highest BCUT2D eigenvalue weighted by Crippen LogP contribution is 2.60. The van der Waals surface area contributed by atoms with E-state index in [0.29, 0.717) is 0 Å². The van der Waals surface area contributed by atoms with Gasteiger partial charge >= 0.3 is 27.9 Å². The molecule has 0 aromatic rings. The van der Waals surface area contributed by atoms with Gasteiger partial charge in [-0.25, -0.2) is 4.39 Å². The first-order valence-corrected chi connectivity index (χ1v) is 5.29. The molecule has 0 bridgehead atoms. The first-order valence-electron chi connectivity index (χ1n) is 4.21. The first-order chi connectivity index (χ1) is 8.25. The summed E-state index contributed by atoms with van der Waals surface area (Å²) in [5.41, 5.74) is -6.16. The van der Waals surface area contributed by atoms with Crippen LogP contribution in [0.2, 0.25) is 0 Å². The molecule has 20 heavy (non-hydrogen) atoms. The van der Waals surface area contributed by atoms with Gasteiger partial charge < -0.3 is 0 Å². The Morgan fingerprint density at radius 2 is 0.850 bits per heavy atom. The lowest BCUT2D eigenvalue weighted by atomic mass is 9.90. The molecule has 13 heteroatoms. The van der Waals surface area contributed by atoms with Crippen LogP contribution in [-0.2, 0) is 0 Å². The molecule has 0 saturated carbocycles. The van der Waals surface area contributed by atoms with Crippen LogP contribution in [0.4, 0.5) is 52.7 Å². The molecule has 0 rings (SSSR count). The standard InChI is InChI=1S/C7H3F12I/c1-2(8,6(15,16)17)3(9,10)4(11,12)5(13,14)7(18,19)20/h1H3. The van der Waals surface area contributed by atoms with Gasteiger partial charge in [0.2, 0.25) is 0 Å². The van der Waals surface area contributed by atoms with Gasteiger partial charge in [-0.2, -0.15) is 48.3 Å². The maximum atomic E-state index is 12.9. The topological polar surface area (TPSA) is 0 Å². The molecule has 0 N–H and O–H groups in total. The van der Waals surface area contributed by atoms with Gasteiger partial charge in [0.05, 0.1) is 0 Å². The minimum absolute atomic E-state index is 0.667. The van der Waals surface area contributed by atoms with Gasteiger partial charge in [0, 0.05) is 22.6 Å². The Bertz CT molecular complexity index is 325. The minimum atomic E-state index is -7.30. The van der Waals surface area contributed by atoms with Crippen molar-refractivity contribution in [2.45, 2.75) is 40.5 Å². The van der Waals surface area contributed by atoms with Crippen molar-refractivity contribution in [3.63, 3.8) is 0 Å². The molecular formula is C7H3F12I. The van der Waals surface area contributed by atoms with E-state index < -0.39 is 63.1 Å². The van der Waals surface area contributed by atoms with E-state index in [0.717, 1.165) is 0 Å². The van der Waals surface area contributed by atoms with Crippen LogP contribution in [0, 0.1) is 0 Å². The molecule has 0 aromatic carbocycles.